The third-order valence-corrected chi connectivity index (χ3v) is 6.83. The van der Waals surface area contributed by atoms with Gasteiger partial charge in [-0.25, -0.2) is 4.98 Å². The Morgan fingerprint density at radius 3 is 2.75 bits per heavy atom. The number of likely N-dealkylation sites (N-methyl/N-ethyl adjacent to an activating group) is 1. The predicted molar refractivity (Wildman–Crippen MR) is 117 cm³/mol. The topological polar surface area (TPSA) is 36.4 Å². The van der Waals surface area contributed by atoms with Crippen molar-refractivity contribution in [1.29, 1.82) is 0 Å². The number of piperidine rings is 1. The lowest BCUT2D eigenvalue weighted by Gasteiger charge is -2.34. The number of thiazole rings is 1. The number of amides is 1. The van der Waals surface area contributed by atoms with Crippen LogP contribution >= 0.6 is 22.9 Å². The van der Waals surface area contributed by atoms with Gasteiger partial charge in [-0.1, -0.05) is 23.7 Å². The molecule has 0 N–H and O–H groups in total. The normalized spacial score (nSPS) is 17.6. The molecular weight excluding hydrogens is 390 g/mol. The van der Waals surface area contributed by atoms with Crippen LogP contribution in [0.4, 0.5) is 0 Å². The summed E-state index contributed by atoms with van der Waals surface area (Å²) in [6.45, 7) is 8.12. The second kappa shape index (κ2) is 9.86. The Labute approximate surface area is 177 Å². The molecule has 1 saturated heterocycles. The second-order valence-corrected chi connectivity index (χ2v) is 9.60. The molecule has 3 rings (SSSR count). The number of hydrogen-bond acceptors (Lipinski definition) is 4. The summed E-state index contributed by atoms with van der Waals surface area (Å²) in [6.07, 6.45) is 3.93. The number of hydrogen-bond donors (Lipinski definition) is 0. The van der Waals surface area contributed by atoms with Crippen LogP contribution in [0.1, 0.15) is 34.0 Å². The first-order valence-electron chi connectivity index (χ1n) is 10.0. The highest BCUT2D eigenvalue weighted by atomic mass is 35.5. The van der Waals surface area contributed by atoms with Crippen LogP contribution in [-0.2, 0) is 17.6 Å². The van der Waals surface area contributed by atoms with E-state index in [-0.39, 0.29) is 5.91 Å². The number of halogens is 1. The minimum atomic E-state index is 0.199. The SMILES string of the molecule is Cc1nc(C)c(CC(=O)N(C)CC2CCCN(CCc3ccc(Cl)cc3)C2)s1. The van der Waals surface area contributed by atoms with Gasteiger partial charge in [-0.2, -0.15) is 0 Å². The molecule has 1 unspecified atom stereocenters. The number of aryl methyl sites for hydroxylation is 2. The summed E-state index contributed by atoms with van der Waals surface area (Å²) in [5.74, 6) is 0.752. The Hall–Kier alpha value is -1.43. The molecule has 28 heavy (non-hydrogen) atoms. The van der Waals surface area contributed by atoms with E-state index < -0.39 is 0 Å². The van der Waals surface area contributed by atoms with E-state index in [1.165, 1.54) is 18.4 Å². The molecule has 1 fully saturated rings. The van der Waals surface area contributed by atoms with Gasteiger partial charge in [0.25, 0.3) is 0 Å². The number of carbonyl (C=O) groups excluding carboxylic acids is 1. The van der Waals surface area contributed by atoms with Gasteiger partial charge in [-0.3, -0.25) is 4.79 Å². The van der Waals surface area contributed by atoms with Crippen LogP contribution in [0.5, 0.6) is 0 Å². The molecule has 1 aromatic carbocycles. The van der Waals surface area contributed by atoms with Gasteiger partial charge in [-0.05, 0) is 63.3 Å². The van der Waals surface area contributed by atoms with Crippen molar-refractivity contribution in [3.8, 4) is 0 Å². The molecule has 1 aromatic heterocycles. The number of rotatable bonds is 7. The van der Waals surface area contributed by atoms with E-state index in [0.717, 1.165) is 53.2 Å². The van der Waals surface area contributed by atoms with Gasteiger partial charge in [0.2, 0.25) is 5.91 Å². The van der Waals surface area contributed by atoms with Gasteiger partial charge >= 0.3 is 0 Å². The Morgan fingerprint density at radius 2 is 2.07 bits per heavy atom. The van der Waals surface area contributed by atoms with Crippen molar-refractivity contribution in [2.24, 2.45) is 5.92 Å². The molecule has 4 nitrogen and oxygen atoms in total. The Kier molecular flexibility index (Phi) is 7.49. The van der Waals surface area contributed by atoms with Gasteiger partial charge < -0.3 is 9.80 Å². The average Bonchev–Trinajstić information content (AvgIpc) is 2.98. The smallest absolute Gasteiger partial charge is 0.227 e. The molecule has 0 saturated carbocycles. The highest BCUT2D eigenvalue weighted by Crippen LogP contribution is 2.21. The van der Waals surface area contributed by atoms with E-state index in [1.807, 2.05) is 37.9 Å². The van der Waals surface area contributed by atoms with Crippen molar-refractivity contribution < 1.29 is 4.79 Å². The van der Waals surface area contributed by atoms with Gasteiger partial charge in [0.15, 0.2) is 0 Å². The summed E-state index contributed by atoms with van der Waals surface area (Å²) >= 11 is 7.61. The van der Waals surface area contributed by atoms with Crippen LogP contribution in [-0.4, -0.2) is 53.9 Å². The zero-order chi connectivity index (χ0) is 20.1. The number of benzene rings is 1. The van der Waals surface area contributed by atoms with Crippen molar-refractivity contribution in [3.05, 3.63) is 50.4 Å². The van der Waals surface area contributed by atoms with Crippen molar-refractivity contribution in [1.82, 2.24) is 14.8 Å². The largest absolute Gasteiger partial charge is 0.345 e. The van der Waals surface area contributed by atoms with Crippen LogP contribution in [0, 0.1) is 19.8 Å². The summed E-state index contributed by atoms with van der Waals surface area (Å²) in [5, 5.41) is 1.82. The Balaban J connectivity index is 1.46. The third-order valence-electron chi connectivity index (χ3n) is 5.50. The molecule has 152 valence electrons. The summed E-state index contributed by atoms with van der Waals surface area (Å²) in [6, 6.07) is 8.14. The van der Waals surface area contributed by atoms with Gasteiger partial charge in [0.05, 0.1) is 17.1 Å². The zero-order valence-electron chi connectivity index (χ0n) is 17.1. The average molecular weight is 420 g/mol. The number of carbonyl (C=O) groups is 1. The third kappa shape index (κ3) is 6.03. The second-order valence-electron chi connectivity index (χ2n) is 7.88. The maximum Gasteiger partial charge on any atom is 0.227 e. The maximum absolute atomic E-state index is 12.6. The quantitative estimate of drug-likeness (QED) is 0.668. The number of nitrogens with zero attached hydrogens (tertiary/aromatic N) is 3. The minimum absolute atomic E-state index is 0.199. The monoisotopic (exact) mass is 419 g/mol. The first kappa shape index (κ1) is 21.3. The fraction of sp³-hybridized carbons (Fsp3) is 0.545. The molecule has 2 aromatic rings. The predicted octanol–water partition coefficient (Wildman–Crippen LogP) is 4.37. The zero-order valence-corrected chi connectivity index (χ0v) is 18.7. The summed E-state index contributed by atoms with van der Waals surface area (Å²) < 4.78 is 0. The van der Waals surface area contributed by atoms with Crippen LogP contribution in [0.15, 0.2) is 24.3 Å². The molecule has 0 radical (unpaired) electrons. The first-order chi connectivity index (χ1) is 13.4. The minimum Gasteiger partial charge on any atom is -0.345 e. The van der Waals surface area contributed by atoms with Crippen molar-refractivity contribution in [3.63, 3.8) is 0 Å². The van der Waals surface area contributed by atoms with Crippen LogP contribution < -0.4 is 0 Å². The number of aromatic nitrogens is 1. The molecule has 2 heterocycles. The molecule has 0 bridgehead atoms. The summed E-state index contributed by atoms with van der Waals surface area (Å²) in [4.78, 5) is 22.6. The van der Waals surface area contributed by atoms with Crippen LogP contribution in [0.3, 0.4) is 0 Å². The maximum atomic E-state index is 12.6. The van der Waals surface area contributed by atoms with Gasteiger partial charge in [0.1, 0.15) is 0 Å². The summed E-state index contributed by atoms with van der Waals surface area (Å²) in [7, 11) is 1.94. The molecule has 1 atom stereocenters. The molecule has 0 spiro atoms. The molecule has 1 amide bonds. The molecule has 6 heteroatoms. The Morgan fingerprint density at radius 1 is 1.32 bits per heavy atom. The van der Waals surface area contributed by atoms with E-state index in [2.05, 4.69) is 22.0 Å². The molecule has 0 aliphatic carbocycles. The van der Waals surface area contributed by atoms with Crippen LogP contribution in [0.2, 0.25) is 5.02 Å². The van der Waals surface area contributed by atoms with Crippen molar-refractivity contribution in [2.75, 3.05) is 33.2 Å². The lowest BCUT2D eigenvalue weighted by atomic mass is 9.97. The van der Waals surface area contributed by atoms with Crippen molar-refractivity contribution >= 4 is 28.8 Å². The molecule has 1 aliphatic rings. The van der Waals surface area contributed by atoms with E-state index in [4.69, 9.17) is 11.6 Å². The van der Waals surface area contributed by atoms with Gasteiger partial charge in [0, 0.05) is 36.6 Å². The van der Waals surface area contributed by atoms with Crippen LogP contribution in [0.25, 0.3) is 0 Å². The standard InChI is InChI=1S/C22H30ClN3OS/c1-16-21(28-17(2)24-16)13-22(27)25(3)14-19-5-4-11-26(15-19)12-10-18-6-8-20(23)9-7-18/h6-9,19H,4-5,10-15H2,1-3H3. The first-order valence-corrected chi connectivity index (χ1v) is 11.2. The van der Waals surface area contributed by atoms with E-state index >= 15 is 0 Å². The fourth-order valence-electron chi connectivity index (χ4n) is 3.94. The lowest BCUT2D eigenvalue weighted by molar-refractivity contribution is -0.129. The molecular formula is C22H30ClN3OS. The van der Waals surface area contributed by atoms with Gasteiger partial charge in [-0.15, -0.1) is 11.3 Å². The Bertz CT molecular complexity index is 790. The molecule has 1 aliphatic heterocycles. The van der Waals surface area contributed by atoms with E-state index in [9.17, 15) is 4.79 Å². The van der Waals surface area contributed by atoms with E-state index in [0.29, 0.717) is 12.3 Å². The van der Waals surface area contributed by atoms with E-state index in [1.54, 1.807) is 11.3 Å². The summed E-state index contributed by atoms with van der Waals surface area (Å²) in [5.41, 5.74) is 2.32. The number of likely N-dealkylation sites (tertiary alicyclic amines) is 1. The fourth-order valence-corrected chi connectivity index (χ4v) is 4.99. The highest BCUT2D eigenvalue weighted by Gasteiger charge is 2.23. The highest BCUT2D eigenvalue weighted by molar-refractivity contribution is 7.11. The van der Waals surface area contributed by atoms with Crippen molar-refractivity contribution in [2.45, 2.75) is 39.5 Å². The lowest BCUT2D eigenvalue weighted by Crippen LogP contribution is -2.42.